The summed E-state index contributed by atoms with van der Waals surface area (Å²) in [5.74, 6) is 0. The first kappa shape index (κ1) is 9.74. The van der Waals surface area contributed by atoms with Crippen molar-refractivity contribution in [1.29, 1.82) is 5.26 Å². The standard InChI is InChI=1S/C7H12N2.ClH/c8-4-7-9-5-2-1-3-6-9;/h1-3,5-7H2;1H. The molecule has 0 atom stereocenters. The number of hydrogen-bond acceptors (Lipinski definition) is 2. The Labute approximate surface area is 68.2 Å². The summed E-state index contributed by atoms with van der Waals surface area (Å²) in [6, 6.07) is 2.16. The molecule has 0 amide bonds. The molecule has 1 rings (SSSR count). The van der Waals surface area contributed by atoms with Crippen LogP contribution in [0.3, 0.4) is 0 Å². The smallest absolute Gasteiger partial charge is 0.0865 e. The van der Waals surface area contributed by atoms with E-state index in [4.69, 9.17) is 5.26 Å². The third-order valence-electron chi connectivity index (χ3n) is 1.74. The van der Waals surface area contributed by atoms with E-state index in [1.807, 2.05) is 0 Å². The van der Waals surface area contributed by atoms with Gasteiger partial charge in [-0.1, -0.05) is 6.42 Å². The number of hydrogen-bond donors (Lipinski definition) is 0. The average molecular weight is 161 g/mol. The zero-order chi connectivity index (χ0) is 6.53. The Bertz CT molecular complexity index is 113. The van der Waals surface area contributed by atoms with Crippen molar-refractivity contribution in [2.45, 2.75) is 19.3 Å². The number of nitriles is 1. The second kappa shape index (κ2) is 5.52. The van der Waals surface area contributed by atoms with Crippen LogP contribution in [-0.2, 0) is 0 Å². The van der Waals surface area contributed by atoms with Gasteiger partial charge in [-0.3, -0.25) is 4.90 Å². The van der Waals surface area contributed by atoms with E-state index in [-0.39, 0.29) is 12.4 Å². The highest BCUT2D eigenvalue weighted by Crippen LogP contribution is 2.06. The Balaban J connectivity index is 0.000000810. The maximum atomic E-state index is 8.33. The molecule has 1 aliphatic rings. The highest BCUT2D eigenvalue weighted by molar-refractivity contribution is 5.85. The van der Waals surface area contributed by atoms with E-state index >= 15 is 0 Å². The third-order valence-corrected chi connectivity index (χ3v) is 1.74. The molecule has 58 valence electrons. The monoisotopic (exact) mass is 160 g/mol. The van der Waals surface area contributed by atoms with Crippen LogP contribution in [0.1, 0.15) is 19.3 Å². The molecule has 0 aromatic rings. The maximum Gasteiger partial charge on any atom is 0.0865 e. The van der Waals surface area contributed by atoms with Crippen molar-refractivity contribution < 1.29 is 0 Å². The maximum absolute atomic E-state index is 8.33. The molecule has 2 nitrogen and oxygen atoms in total. The van der Waals surface area contributed by atoms with Crippen molar-refractivity contribution in [2.75, 3.05) is 19.6 Å². The SMILES string of the molecule is Cl.N#CCN1CCCCC1. The molecule has 1 heterocycles. The largest absolute Gasteiger partial charge is 0.291 e. The first-order chi connectivity index (χ1) is 4.43. The molecule has 0 spiro atoms. The average Bonchev–Trinajstić information content (AvgIpc) is 1.91. The van der Waals surface area contributed by atoms with E-state index in [1.165, 1.54) is 19.3 Å². The Morgan fingerprint density at radius 3 is 2.30 bits per heavy atom. The van der Waals surface area contributed by atoms with Crippen molar-refractivity contribution in [3.05, 3.63) is 0 Å². The highest BCUT2D eigenvalue weighted by atomic mass is 35.5. The summed E-state index contributed by atoms with van der Waals surface area (Å²) in [4.78, 5) is 2.21. The molecule has 0 aromatic heterocycles. The van der Waals surface area contributed by atoms with Crippen LogP contribution in [0, 0.1) is 11.3 Å². The number of piperidine rings is 1. The van der Waals surface area contributed by atoms with E-state index in [2.05, 4.69) is 11.0 Å². The van der Waals surface area contributed by atoms with E-state index < -0.39 is 0 Å². The molecular weight excluding hydrogens is 148 g/mol. The van der Waals surface area contributed by atoms with Crippen molar-refractivity contribution in [3.8, 4) is 6.07 Å². The van der Waals surface area contributed by atoms with Crippen molar-refractivity contribution in [1.82, 2.24) is 4.90 Å². The van der Waals surface area contributed by atoms with Gasteiger partial charge in [-0.05, 0) is 25.9 Å². The molecule has 1 aliphatic heterocycles. The molecule has 0 bridgehead atoms. The summed E-state index contributed by atoms with van der Waals surface area (Å²) in [5.41, 5.74) is 0. The molecule has 0 radical (unpaired) electrons. The van der Waals surface area contributed by atoms with Gasteiger partial charge in [-0.15, -0.1) is 12.4 Å². The zero-order valence-electron chi connectivity index (χ0n) is 6.05. The predicted molar refractivity (Wildman–Crippen MR) is 43.2 cm³/mol. The van der Waals surface area contributed by atoms with Crippen LogP contribution in [0.2, 0.25) is 0 Å². The van der Waals surface area contributed by atoms with Crippen molar-refractivity contribution >= 4 is 12.4 Å². The predicted octanol–water partition coefficient (Wildman–Crippen LogP) is 1.42. The Hall–Kier alpha value is -0.260. The van der Waals surface area contributed by atoms with Crippen LogP contribution in [0.25, 0.3) is 0 Å². The van der Waals surface area contributed by atoms with E-state index in [9.17, 15) is 0 Å². The molecule has 10 heavy (non-hydrogen) atoms. The normalized spacial score (nSPS) is 19.1. The Kier molecular flexibility index (Phi) is 5.38. The lowest BCUT2D eigenvalue weighted by Gasteiger charge is -2.22. The van der Waals surface area contributed by atoms with Gasteiger partial charge in [0.2, 0.25) is 0 Å². The Morgan fingerprint density at radius 1 is 1.20 bits per heavy atom. The molecule has 0 N–H and O–H groups in total. The summed E-state index contributed by atoms with van der Waals surface area (Å²) < 4.78 is 0. The number of nitrogens with zero attached hydrogens (tertiary/aromatic N) is 2. The van der Waals surface area contributed by atoms with E-state index in [0.29, 0.717) is 6.54 Å². The lowest BCUT2D eigenvalue weighted by atomic mass is 10.1. The summed E-state index contributed by atoms with van der Waals surface area (Å²) in [7, 11) is 0. The third kappa shape index (κ3) is 3.05. The van der Waals surface area contributed by atoms with Crippen LogP contribution in [-0.4, -0.2) is 24.5 Å². The van der Waals surface area contributed by atoms with Crippen LogP contribution < -0.4 is 0 Å². The molecule has 0 unspecified atom stereocenters. The van der Waals surface area contributed by atoms with Crippen LogP contribution >= 0.6 is 12.4 Å². The lowest BCUT2D eigenvalue weighted by molar-refractivity contribution is 0.254. The van der Waals surface area contributed by atoms with Gasteiger partial charge in [0.25, 0.3) is 0 Å². The van der Waals surface area contributed by atoms with Gasteiger partial charge in [0.05, 0.1) is 12.6 Å². The number of halogens is 1. The molecule has 0 aromatic carbocycles. The second-order valence-electron chi connectivity index (χ2n) is 2.49. The first-order valence-corrected chi connectivity index (χ1v) is 3.53. The minimum Gasteiger partial charge on any atom is -0.291 e. The lowest BCUT2D eigenvalue weighted by Crippen LogP contribution is -2.29. The molecule has 3 heteroatoms. The van der Waals surface area contributed by atoms with Gasteiger partial charge >= 0.3 is 0 Å². The van der Waals surface area contributed by atoms with Gasteiger partial charge < -0.3 is 0 Å². The summed E-state index contributed by atoms with van der Waals surface area (Å²) in [5, 5.41) is 8.33. The minimum atomic E-state index is 0. The fraction of sp³-hybridized carbons (Fsp3) is 0.857. The Morgan fingerprint density at radius 2 is 1.80 bits per heavy atom. The fourth-order valence-electron chi connectivity index (χ4n) is 1.22. The molecule has 1 saturated heterocycles. The molecular formula is C7H13ClN2. The van der Waals surface area contributed by atoms with Crippen LogP contribution in [0.15, 0.2) is 0 Å². The minimum absolute atomic E-state index is 0. The number of likely N-dealkylation sites (tertiary alicyclic amines) is 1. The van der Waals surface area contributed by atoms with Gasteiger partial charge in [0.1, 0.15) is 0 Å². The van der Waals surface area contributed by atoms with Gasteiger partial charge in [-0.25, -0.2) is 0 Å². The van der Waals surface area contributed by atoms with Crippen LogP contribution in [0.4, 0.5) is 0 Å². The summed E-state index contributed by atoms with van der Waals surface area (Å²) >= 11 is 0. The summed E-state index contributed by atoms with van der Waals surface area (Å²) in [6.07, 6.45) is 3.91. The van der Waals surface area contributed by atoms with Crippen molar-refractivity contribution in [2.24, 2.45) is 0 Å². The van der Waals surface area contributed by atoms with Gasteiger partial charge in [-0.2, -0.15) is 5.26 Å². The first-order valence-electron chi connectivity index (χ1n) is 3.53. The van der Waals surface area contributed by atoms with Crippen LogP contribution in [0.5, 0.6) is 0 Å². The van der Waals surface area contributed by atoms with E-state index in [0.717, 1.165) is 13.1 Å². The van der Waals surface area contributed by atoms with Crippen molar-refractivity contribution in [3.63, 3.8) is 0 Å². The number of rotatable bonds is 1. The highest BCUT2D eigenvalue weighted by Gasteiger charge is 2.07. The van der Waals surface area contributed by atoms with Gasteiger partial charge in [0.15, 0.2) is 0 Å². The second-order valence-corrected chi connectivity index (χ2v) is 2.49. The molecule has 1 fully saturated rings. The molecule has 0 aliphatic carbocycles. The fourth-order valence-corrected chi connectivity index (χ4v) is 1.22. The quantitative estimate of drug-likeness (QED) is 0.543. The van der Waals surface area contributed by atoms with Gasteiger partial charge in [0, 0.05) is 0 Å². The summed E-state index contributed by atoms with van der Waals surface area (Å²) in [6.45, 7) is 2.89. The zero-order valence-corrected chi connectivity index (χ0v) is 6.86. The molecule has 0 saturated carbocycles. The topological polar surface area (TPSA) is 27.0 Å². The van der Waals surface area contributed by atoms with E-state index in [1.54, 1.807) is 0 Å².